The third-order valence-electron chi connectivity index (χ3n) is 3.73. The summed E-state index contributed by atoms with van der Waals surface area (Å²) in [5, 5.41) is 9.67. The molecule has 0 unspecified atom stereocenters. The first-order valence-electron chi connectivity index (χ1n) is 7.86. The van der Waals surface area contributed by atoms with Crippen LogP contribution in [0.5, 0.6) is 5.88 Å². The van der Waals surface area contributed by atoms with Gasteiger partial charge < -0.3 is 9.84 Å². The highest BCUT2D eigenvalue weighted by Gasteiger charge is 2.30. The number of ether oxygens (including phenoxy) is 1. The summed E-state index contributed by atoms with van der Waals surface area (Å²) in [6.07, 6.45) is -4.53. The quantitative estimate of drug-likeness (QED) is 0.612. The Morgan fingerprint density at radius 2 is 1.64 bits per heavy atom. The molecule has 3 rings (SSSR count). The van der Waals surface area contributed by atoms with Gasteiger partial charge in [0, 0.05) is 5.56 Å². The Hall–Kier alpha value is -3.20. The number of thiazole rings is 1. The monoisotopic (exact) mass is 407 g/mol. The van der Waals surface area contributed by atoms with E-state index in [1.165, 1.54) is 0 Å². The summed E-state index contributed by atoms with van der Waals surface area (Å²) in [5.74, 6) is -2.74. The minimum atomic E-state index is -4.53. The van der Waals surface area contributed by atoms with Crippen LogP contribution in [0, 0.1) is 6.92 Å². The number of aromatic carboxylic acids is 1. The second-order valence-electron chi connectivity index (χ2n) is 5.79. The molecule has 5 nitrogen and oxygen atoms in total. The molecular weight excluding hydrogens is 395 g/mol. The lowest BCUT2D eigenvalue weighted by molar-refractivity contribution is -0.137. The number of carboxylic acids is 1. The summed E-state index contributed by atoms with van der Waals surface area (Å²) in [4.78, 5) is 27.4. The summed E-state index contributed by atoms with van der Waals surface area (Å²) in [5.41, 5.74) is 0.586. The maximum Gasteiger partial charge on any atom is 0.416 e. The minimum Gasteiger partial charge on any atom is -0.477 e. The van der Waals surface area contributed by atoms with E-state index in [4.69, 9.17) is 4.74 Å². The molecule has 0 atom stereocenters. The molecule has 0 bridgehead atoms. The lowest BCUT2D eigenvalue weighted by Crippen LogP contribution is -2.12. The fourth-order valence-corrected chi connectivity index (χ4v) is 3.11. The van der Waals surface area contributed by atoms with Gasteiger partial charge in [-0.1, -0.05) is 29.8 Å². The lowest BCUT2D eigenvalue weighted by Gasteiger charge is -2.07. The molecule has 28 heavy (non-hydrogen) atoms. The zero-order chi connectivity index (χ0) is 20.5. The zero-order valence-electron chi connectivity index (χ0n) is 14.3. The van der Waals surface area contributed by atoms with Crippen molar-refractivity contribution in [2.45, 2.75) is 13.1 Å². The Morgan fingerprint density at radius 1 is 1.04 bits per heavy atom. The number of hydrogen-bond acceptors (Lipinski definition) is 5. The van der Waals surface area contributed by atoms with Crippen LogP contribution in [0.4, 0.5) is 13.2 Å². The number of rotatable bonds is 4. The Balaban J connectivity index is 1.87. The number of aryl methyl sites for hydroxylation is 1. The number of nitrogens with zero attached hydrogens (tertiary/aromatic N) is 1. The number of carbonyl (C=O) groups excluding carboxylic acids is 1. The summed E-state index contributed by atoms with van der Waals surface area (Å²) < 4.78 is 42.9. The van der Waals surface area contributed by atoms with Crippen molar-refractivity contribution in [3.63, 3.8) is 0 Å². The molecule has 0 saturated carbocycles. The molecular formula is C19H12F3NO4S. The van der Waals surface area contributed by atoms with Crippen LogP contribution in [0.3, 0.4) is 0 Å². The van der Waals surface area contributed by atoms with Crippen molar-refractivity contribution in [1.82, 2.24) is 4.98 Å². The molecule has 0 amide bonds. The second-order valence-corrected chi connectivity index (χ2v) is 6.79. The highest BCUT2D eigenvalue weighted by Crippen LogP contribution is 2.33. The van der Waals surface area contributed by atoms with Crippen LogP contribution in [0.2, 0.25) is 0 Å². The molecule has 0 aliphatic carbocycles. The average Bonchev–Trinajstić information content (AvgIpc) is 3.05. The Kier molecular flexibility index (Phi) is 5.19. The van der Waals surface area contributed by atoms with Crippen molar-refractivity contribution < 1.29 is 32.6 Å². The Bertz CT molecular complexity index is 1020. The standard InChI is InChI=1S/C19H12F3NO4S/c1-10-2-4-11(5-3-10)16-23-15(14(28-16)17(24)25)27-18(26)12-6-8-13(9-7-12)19(20,21)22/h2-9H,1H3,(H,24,25). The molecule has 0 saturated heterocycles. The second kappa shape index (κ2) is 7.43. The van der Waals surface area contributed by atoms with Crippen LogP contribution in [0.25, 0.3) is 10.6 Å². The van der Waals surface area contributed by atoms with Crippen LogP contribution in [0.15, 0.2) is 48.5 Å². The molecule has 0 spiro atoms. The first-order valence-corrected chi connectivity index (χ1v) is 8.67. The van der Waals surface area contributed by atoms with Crippen molar-refractivity contribution in [3.05, 3.63) is 70.1 Å². The van der Waals surface area contributed by atoms with Crippen LogP contribution in [-0.2, 0) is 6.18 Å². The predicted octanol–water partition coefficient (Wildman–Crippen LogP) is 5.05. The summed E-state index contributed by atoms with van der Waals surface area (Å²) in [7, 11) is 0. The molecule has 0 radical (unpaired) electrons. The molecule has 9 heteroatoms. The zero-order valence-corrected chi connectivity index (χ0v) is 15.1. The smallest absolute Gasteiger partial charge is 0.416 e. The SMILES string of the molecule is Cc1ccc(-c2nc(OC(=O)c3ccc(C(F)(F)F)cc3)c(C(=O)O)s2)cc1. The van der Waals surface area contributed by atoms with E-state index in [0.717, 1.165) is 41.2 Å². The van der Waals surface area contributed by atoms with Crippen molar-refractivity contribution in [1.29, 1.82) is 0 Å². The van der Waals surface area contributed by atoms with Gasteiger partial charge in [-0.2, -0.15) is 13.2 Å². The van der Waals surface area contributed by atoms with Crippen LogP contribution in [-0.4, -0.2) is 22.0 Å². The van der Waals surface area contributed by atoms with E-state index < -0.39 is 29.6 Å². The number of aromatic nitrogens is 1. The number of carbonyl (C=O) groups is 2. The molecule has 0 aliphatic heterocycles. The molecule has 1 aromatic heterocycles. The topological polar surface area (TPSA) is 76.5 Å². The highest BCUT2D eigenvalue weighted by atomic mass is 32.1. The summed E-state index contributed by atoms with van der Waals surface area (Å²) >= 11 is 0.833. The van der Waals surface area contributed by atoms with E-state index in [2.05, 4.69) is 4.98 Å². The van der Waals surface area contributed by atoms with Gasteiger partial charge in [0.25, 0.3) is 0 Å². The van der Waals surface area contributed by atoms with Crippen molar-refractivity contribution in [2.75, 3.05) is 0 Å². The van der Waals surface area contributed by atoms with Gasteiger partial charge in [0.05, 0.1) is 11.1 Å². The van der Waals surface area contributed by atoms with Gasteiger partial charge in [0.1, 0.15) is 5.01 Å². The van der Waals surface area contributed by atoms with Crippen molar-refractivity contribution in [3.8, 4) is 16.5 Å². The molecule has 0 fully saturated rings. The van der Waals surface area contributed by atoms with Gasteiger partial charge in [-0.25, -0.2) is 14.6 Å². The molecule has 1 N–H and O–H groups in total. The predicted molar refractivity (Wildman–Crippen MR) is 95.6 cm³/mol. The fraction of sp³-hybridized carbons (Fsp3) is 0.105. The third-order valence-corrected chi connectivity index (χ3v) is 4.80. The Morgan fingerprint density at radius 3 is 2.18 bits per heavy atom. The average molecular weight is 407 g/mol. The molecule has 144 valence electrons. The molecule has 1 heterocycles. The van der Waals surface area contributed by atoms with Gasteiger partial charge in [0.15, 0.2) is 4.88 Å². The van der Waals surface area contributed by atoms with Gasteiger partial charge >= 0.3 is 18.1 Å². The van der Waals surface area contributed by atoms with E-state index in [0.29, 0.717) is 10.6 Å². The Labute approximate surface area is 161 Å². The van der Waals surface area contributed by atoms with Crippen LogP contribution in [0.1, 0.15) is 31.2 Å². The van der Waals surface area contributed by atoms with E-state index in [1.54, 1.807) is 12.1 Å². The lowest BCUT2D eigenvalue weighted by atomic mass is 10.1. The minimum absolute atomic E-state index is 0.158. The van der Waals surface area contributed by atoms with Crippen LogP contribution >= 0.6 is 11.3 Å². The van der Waals surface area contributed by atoms with Crippen molar-refractivity contribution in [2.24, 2.45) is 0 Å². The molecule has 0 aliphatic rings. The normalized spacial score (nSPS) is 11.3. The number of esters is 1. The fourth-order valence-electron chi connectivity index (χ4n) is 2.27. The number of halogens is 3. The van der Waals surface area contributed by atoms with Crippen molar-refractivity contribution >= 4 is 23.3 Å². The maximum absolute atomic E-state index is 12.6. The highest BCUT2D eigenvalue weighted by molar-refractivity contribution is 7.17. The van der Waals surface area contributed by atoms with Crippen LogP contribution < -0.4 is 4.74 Å². The number of carboxylic acid groups (broad SMARTS) is 1. The molecule has 3 aromatic rings. The van der Waals surface area contributed by atoms with E-state index in [9.17, 15) is 27.9 Å². The van der Waals surface area contributed by atoms with Gasteiger partial charge in [-0.15, -0.1) is 11.3 Å². The largest absolute Gasteiger partial charge is 0.477 e. The summed E-state index contributed by atoms with van der Waals surface area (Å²) in [6, 6.07) is 10.6. The number of hydrogen-bond donors (Lipinski definition) is 1. The first-order chi connectivity index (χ1) is 13.1. The molecule has 2 aromatic carbocycles. The van der Waals surface area contributed by atoms with E-state index in [1.807, 2.05) is 19.1 Å². The first kappa shape index (κ1) is 19.6. The van der Waals surface area contributed by atoms with Gasteiger partial charge in [-0.3, -0.25) is 0 Å². The summed E-state index contributed by atoms with van der Waals surface area (Å²) in [6.45, 7) is 1.89. The van der Waals surface area contributed by atoms with Gasteiger partial charge in [-0.05, 0) is 31.2 Å². The third kappa shape index (κ3) is 4.20. The number of benzene rings is 2. The van der Waals surface area contributed by atoms with Gasteiger partial charge in [0.2, 0.25) is 5.88 Å². The van der Waals surface area contributed by atoms with E-state index >= 15 is 0 Å². The van der Waals surface area contributed by atoms with E-state index in [-0.39, 0.29) is 10.4 Å². The number of alkyl halides is 3. The maximum atomic E-state index is 12.6.